The summed E-state index contributed by atoms with van der Waals surface area (Å²) in [5, 5.41) is 17.0. The highest BCUT2D eigenvalue weighted by atomic mass is 16.4. The van der Waals surface area contributed by atoms with Crippen molar-refractivity contribution in [2.45, 2.75) is 51.4 Å². The van der Waals surface area contributed by atoms with Crippen molar-refractivity contribution in [2.24, 2.45) is 5.10 Å². The zero-order valence-electron chi connectivity index (χ0n) is 23.0. The number of hydrogen-bond acceptors (Lipinski definition) is 9. The summed E-state index contributed by atoms with van der Waals surface area (Å²) in [4.78, 5) is 51.6. The van der Waals surface area contributed by atoms with E-state index < -0.39 is 17.7 Å². The molecule has 0 saturated carbocycles. The monoisotopic (exact) mass is 559 g/mol. The van der Waals surface area contributed by atoms with Crippen LogP contribution in [-0.2, 0) is 19.2 Å². The molecule has 1 atom stereocenters. The van der Waals surface area contributed by atoms with Crippen LogP contribution in [0.2, 0.25) is 0 Å². The van der Waals surface area contributed by atoms with E-state index in [-0.39, 0.29) is 18.4 Å². The molecule has 1 aromatic heterocycles. The molecule has 1 N–H and O–H groups in total. The van der Waals surface area contributed by atoms with E-state index in [9.17, 15) is 19.2 Å². The summed E-state index contributed by atoms with van der Waals surface area (Å²) in [6, 6.07) is 8.20. The van der Waals surface area contributed by atoms with Crippen LogP contribution in [0, 0.1) is 6.92 Å². The van der Waals surface area contributed by atoms with Gasteiger partial charge in [-0.05, 0) is 37.0 Å². The lowest BCUT2D eigenvalue weighted by atomic mass is 9.94. The van der Waals surface area contributed by atoms with Gasteiger partial charge in [0.25, 0.3) is 17.7 Å². The van der Waals surface area contributed by atoms with Gasteiger partial charge in [-0.2, -0.15) is 5.10 Å². The molecule has 1 aromatic carbocycles. The smallest absolute Gasteiger partial charge is 0.255 e. The SMILES string of the molecule is Cc1nnc(C2CC(c3ccc(N4C=CCC4)cc3)=NN(CCCCCCNC(=O)CN3C(=O)C=CC3=O)C2=O)o1. The van der Waals surface area contributed by atoms with Gasteiger partial charge in [0.15, 0.2) is 0 Å². The van der Waals surface area contributed by atoms with Crippen LogP contribution in [0.15, 0.2) is 58.2 Å². The molecule has 41 heavy (non-hydrogen) atoms. The third kappa shape index (κ3) is 6.76. The molecule has 12 heteroatoms. The molecule has 0 radical (unpaired) electrons. The predicted molar refractivity (Wildman–Crippen MR) is 150 cm³/mol. The first-order valence-corrected chi connectivity index (χ1v) is 13.9. The number of amides is 4. The summed E-state index contributed by atoms with van der Waals surface area (Å²) in [6.45, 7) is 3.27. The second-order valence-electron chi connectivity index (χ2n) is 10.2. The van der Waals surface area contributed by atoms with Crippen molar-refractivity contribution >= 4 is 35.0 Å². The number of imide groups is 1. The minimum absolute atomic E-state index is 0.163. The van der Waals surface area contributed by atoms with Gasteiger partial charge < -0.3 is 14.6 Å². The number of rotatable bonds is 12. The minimum Gasteiger partial charge on any atom is -0.425 e. The van der Waals surface area contributed by atoms with Crippen molar-refractivity contribution in [3.63, 3.8) is 0 Å². The third-order valence-electron chi connectivity index (χ3n) is 7.21. The molecule has 1 unspecified atom stereocenters. The van der Waals surface area contributed by atoms with Gasteiger partial charge in [0.1, 0.15) is 12.5 Å². The van der Waals surface area contributed by atoms with Crippen molar-refractivity contribution in [1.29, 1.82) is 0 Å². The van der Waals surface area contributed by atoms with E-state index in [1.807, 2.05) is 12.1 Å². The lowest BCUT2D eigenvalue weighted by Gasteiger charge is -2.28. The summed E-state index contributed by atoms with van der Waals surface area (Å²) in [5.41, 5.74) is 2.85. The van der Waals surface area contributed by atoms with Crippen LogP contribution in [0.4, 0.5) is 5.69 Å². The van der Waals surface area contributed by atoms with Gasteiger partial charge in [0, 0.05) is 57.0 Å². The van der Waals surface area contributed by atoms with Crippen molar-refractivity contribution in [3.8, 4) is 0 Å². The van der Waals surface area contributed by atoms with Crippen LogP contribution < -0.4 is 10.2 Å². The molecule has 214 valence electrons. The Hall–Kier alpha value is -4.61. The molecule has 0 saturated heterocycles. The van der Waals surface area contributed by atoms with Gasteiger partial charge in [-0.15, -0.1) is 10.2 Å². The van der Waals surface area contributed by atoms with Crippen molar-refractivity contribution in [2.75, 3.05) is 31.1 Å². The first-order valence-electron chi connectivity index (χ1n) is 13.9. The Morgan fingerprint density at radius 3 is 2.46 bits per heavy atom. The van der Waals surface area contributed by atoms with Gasteiger partial charge >= 0.3 is 0 Å². The number of nitrogens with one attached hydrogen (secondary N) is 1. The number of aromatic nitrogens is 2. The number of nitrogens with zero attached hydrogens (tertiary/aromatic N) is 6. The van der Waals surface area contributed by atoms with E-state index in [4.69, 9.17) is 9.52 Å². The Kier molecular flexibility index (Phi) is 8.66. The van der Waals surface area contributed by atoms with Crippen LogP contribution in [0.5, 0.6) is 0 Å². The molecule has 3 aliphatic rings. The second-order valence-corrected chi connectivity index (χ2v) is 10.2. The van der Waals surface area contributed by atoms with Crippen molar-refractivity contribution in [3.05, 3.63) is 66.0 Å². The Bertz CT molecular complexity index is 1380. The molecule has 0 spiro atoms. The van der Waals surface area contributed by atoms with Crippen LogP contribution in [0.25, 0.3) is 0 Å². The molecule has 2 aromatic rings. The summed E-state index contributed by atoms with van der Waals surface area (Å²) in [5.74, 6) is -1.37. The second kappa shape index (κ2) is 12.7. The van der Waals surface area contributed by atoms with Gasteiger partial charge in [-0.1, -0.05) is 31.1 Å². The Balaban J connectivity index is 1.13. The number of hydrogen-bond donors (Lipinski definition) is 1. The van der Waals surface area contributed by atoms with Crippen molar-refractivity contribution < 1.29 is 23.6 Å². The average Bonchev–Trinajstić information content (AvgIpc) is 3.73. The molecule has 0 aliphatic carbocycles. The van der Waals surface area contributed by atoms with Crippen LogP contribution >= 0.6 is 0 Å². The van der Waals surface area contributed by atoms with Gasteiger partial charge in [0.05, 0.1) is 5.71 Å². The summed E-state index contributed by atoms with van der Waals surface area (Å²) in [7, 11) is 0. The molecule has 3 aliphatic heterocycles. The summed E-state index contributed by atoms with van der Waals surface area (Å²) in [6.07, 6.45) is 11.1. The first kappa shape index (κ1) is 27.9. The molecular weight excluding hydrogens is 526 g/mol. The Morgan fingerprint density at radius 1 is 1.02 bits per heavy atom. The standard InChI is InChI=1S/C29H33N7O5/c1-20-31-32-28(41-20)23-18-24(21-8-10-22(11-9-21)34-15-6-7-16-34)33-36(29(23)40)17-5-3-2-4-14-30-25(37)19-35-26(38)12-13-27(35)39/h6,8-13,15,23H,2-5,7,14,16-19H2,1H3,(H,30,37). The molecule has 12 nitrogen and oxygen atoms in total. The molecule has 4 amide bonds. The Labute approximate surface area is 237 Å². The predicted octanol–water partition coefficient (Wildman–Crippen LogP) is 2.42. The van der Waals surface area contributed by atoms with Crippen molar-refractivity contribution in [1.82, 2.24) is 25.4 Å². The normalized spacial score (nSPS) is 18.6. The lowest BCUT2D eigenvalue weighted by molar-refractivity contribution is -0.141. The van der Waals surface area contributed by atoms with Crippen LogP contribution in [0.3, 0.4) is 0 Å². The molecular formula is C29H33N7O5. The highest BCUT2D eigenvalue weighted by Crippen LogP contribution is 2.30. The summed E-state index contributed by atoms with van der Waals surface area (Å²) < 4.78 is 5.64. The molecule has 5 rings (SSSR count). The minimum atomic E-state index is -0.593. The summed E-state index contributed by atoms with van der Waals surface area (Å²) >= 11 is 0. The number of carbonyl (C=O) groups excluding carboxylic acids is 4. The van der Waals surface area contributed by atoms with E-state index >= 15 is 0 Å². The topological polar surface area (TPSA) is 141 Å². The van der Waals surface area contributed by atoms with Gasteiger partial charge in [-0.25, -0.2) is 5.01 Å². The highest BCUT2D eigenvalue weighted by molar-refractivity contribution is 6.14. The Morgan fingerprint density at radius 2 is 1.78 bits per heavy atom. The maximum atomic E-state index is 13.3. The average molecular weight is 560 g/mol. The molecule has 0 fully saturated rings. The fraction of sp³-hybridized carbons (Fsp3) is 0.414. The van der Waals surface area contributed by atoms with E-state index in [2.05, 4.69) is 44.8 Å². The first-order chi connectivity index (χ1) is 19.9. The molecule has 4 heterocycles. The fourth-order valence-electron chi connectivity index (χ4n) is 4.98. The quantitative estimate of drug-likeness (QED) is 0.309. The van der Waals surface area contributed by atoms with E-state index in [1.165, 1.54) is 5.01 Å². The maximum absolute atomic E-state index is 13.3. The number of anilines is 1. The highest BCUT2D eigenvalue weighted by Gasteiger charge is 2.36. The lowest BCUT2D eigenvalue weighted by Crippen LogP contribution is -2.40. The maximum Gasteiger partial charge on any atom is 0.255 e. The fourth-order valence-corrected chi connectivity index (χ4v) is 4.98. The molecule has 0 bridgehead atoms. The number of unbranched alkanes of at least 4 members (excludes halogenated alkanes) is 3. The third-order valence-corrected chi connectivity index (χ3v) is 7.21. The number of carbonyl (C=O) groups is 4. The van der Waals surface area contributed by atoms with Crippen LogP contribution in [-0.4, -0.2) is 75.6 Å². The van der Waals surface area contributed by atoms with E-state index in [0.29, 0.717) is 31.3 Å². The van der Waals surface area contributed by atoms with Crippen LogP contribution in [0.1, 0.15) is 61.8 Å². The largest absolute Gasteiger partial charge is 0.425 e. The zero-order chi connectivity index (χ0) is 28.8. The van der Waals surface area contributed by atoms with E-state index in [1.54, 1.807) is 6.92 Å². The number of aryl methyl sites for hydroxylation is 1. The van der Waals surface area contributed by atoms with E-state index in [0.717, 1.165) is 72.7 Å². The zero-order valence-corrected chi connectivity index (χ0v) is 23.0. The number of hydrazone groups is 1. The van der Waals surface area contributed by atoms with Gasteiger partial charge in [-0.3, -0.25) is 24.1 Å². The van der Waals surface area contributed by atoms with Gasteiger partial charge in [0.2, 0.25) is 17.7 Å². The number of benzene rings is 1.